The molecule has 0 radical (unpaired) electrons. The number of benzene rings is 2. The van der Waals surface area contributed by atoms with Crippen molar-refractivity contribution in [1.82, 2.24) is 0 Å². The second-order valence-electron chi connectivity index (χ2n) is 4.32. The molecule has 4 heteroatoms. The average Bonchev–Trinajstić information content (AvgIpc) is 2.85. The van der Waals surface area contributed by atoms with Crippen LogP contribution >= 0.6 is 0 Å². The van der Waals surface area contributed by atoms with Crippen LogP contribution in [0.1, 0.15) is 10.6 Å². The first-order valence-corrected chi connectivity index (χ1v) is 6.10. The Balaban J connectivity index is 2.28. The van der Waals surface area contributed by atoms with Gasteiger partial charge in [-0.15, -0.1) is 0 Å². The summed E-state index contributed by atoms with van der Waals surface area (Å²) in [6, 6.07) is 15.0. The number of hydrogen-bond donors (Lipinski definition) is 1. The Morgan fingerprint density at radius 2 is 1.85 bits per heavy atom. The smallest absolute Gasteiger partial charge is 0.377 e. The molecule has 1 N–H and O–H groups in total. The van der Waals surface area contributed by atoms with Gasteiger partial charge in [-0.2, -0.15) is 0 Å². The summed E-state index contributed by atoms with van der Waals surface area (Å²) in [5, 5.41) is 10.6. The number of carbonyl (C=O) groups is 1. The number of fused-ring (bicyclic) bond motifs is 1. The van der Waals surface area contributed by atoms with E-state index in [1.54, 1.807) is 12.1 Å². The molecule has 0 aliphatic carbocycles. The number of ether oxygens (including phenoxy) is 1. The molecule has 4 nitrogen and oxygen atoms in total. The fraction of sp³-hybridized carbons (Fsp3) is 0.0625. The Morgan fingerprint density at radius 3 is 2.55 bits per heavy atom. The Morgan fingerprint density at radius 1 is 1.10 bits per heavy atom. The summed E-state index contributed by atoms with van der Waals surface area (Å²) in [6.07, 6.45) is 0. The van der Waals surface area contributed by atoms with Gasteiger partial charge in [0.1, 0.15) is 5.58 Å². The summed E-state index contributed by atoms with van der Waals surface area (Å²) in [5.41, 5.74) is 2.23. The molecule has 0 amide bonds. The first kappa shape index (κ1) is 12.3. The first-order valence-electron chi connectivity index (χ1n) is 6.10. The molecule has 0 fully saturated rings. The molecule has 3 aromatic rings. The molecule has 0 aliphatic heterocycles. The maximum Gasteiger partial charge on any atom is 0.377 e. The van der Waals surface area contributed by atoms with Crippen LogP contribution < -0.4 is 0 Å². The molecule has 0 unspecified atom stereocenters. The highest BCUT2D eigenvalue weighted by atomic mass is 16.5. The Kier molecular flexibility index (Phi) is 2.91. The Bertz CT molecular complexity index is 772. The standard InChI is InChI=1S/C16H12O4/c1-19-16(18)15-13(17)12-9-5-8-11(14(12)20-15)10-6-3-2-4-7-10/h2-9,17H,1H3. The van der Waals surface area contributed by atoms with Crippen LogP contribution in [0, 0.1) is 0 Å². The van der Waals surface area contributed by atoms with Crippen molar-refractivity contribution in [2.45, 2.75) is 0 Å². The van der Waals surface area contributed by atoms with Gasteiger partial charge < -0.3 is 14.3 Å². The van der Waals surface area contributed by atoms with Crippen molar-refractivity contribution < 1.29 is 19.1 Å². The maximum atomic E-state index is 11.6. The minimum absolute atomic E-state index is 0.175. The van der Waals surface area contributed by atoms with Crippen LogP contribution in [-0.2, 0) is 4.74 Å². The van der Waals surface area contributed by atoms with Gasteiger partial charge in [-0.25, -0.2) is 4.79 Å². The SMILES string of the molecule is COC(=O)c1oc2c(-c3ccccc3)cccc2c1O. The molecule has 2 aromatic carbocycles. The van der Waals surface area contributed by atoms with Crippen LogP contribution in [0.2, 0.25) is 0 Å². The van der Waals surface area contributed by atoms with Gasteiger partial charge in [-0.1, -0.05) is 42.5 Å². The van der Waals surface area contributed by atoms with Crippen LogP contribution in [0.15, 0.2) is 52.9 Å². The highest BCUT2D eigenvalue weighted by Gasteiger charge is 2.22. The van der Waals surface area contributed by atoms with Gasteiger partial charge in [0.25, 0.3) is 5.76 Å². The summed E-state index contributed by atoms with van der Waals surface area (Å²) in [6.45, 7) is 0. The molecular formula is C16H12O4. The van der Waals surface area contributed by atoms with Crippen molar-refractivity contribution >= 4 is 16.9 Å². The largest absolute Gasteiger partial charge is 0.504 e. The highest BCUT2D eigenvalue weighted by Crippen LogP contribution is 2.38. The summed E-state index contributed by atoms with van der Waals surface area (Å²) < 4.78 is 10.1. The van der Waals surface area contributed by atoms with E-state index in [1.165, 1.54) is 7.11 Å². The lowest BCUT2D eigenvalue weighted by atomic mass is 10.0. The predicted molar refractivity (Wildman–Crippen MR) is 74.7 cm³/mol. The molecule has 100 valence electrons. The molecule has 20 heavy (non-hydrogen) atoms. The van der Waals surface area contributed by atoms with Crippen LogP contribution in [0.4, 0.5) is 0 Å². The third kappa shape index (κ3) is 1.82. The van der Waals surface area contributed by atoms with E-state index in [4.69, 9.17) is 4.42 Å². The molecule has 1 heterocycles. The van der Waals surface area contributed by atoms with E-state index in [1.807, 2.05) is 36.4 Å². The third-order valence-electron chi connectivity index (χ3n) is 3.14. The molecular weight excluding hydrogens is 256 g/mol. The van der Waals surface area contributed by atoms with E-state index in [2.05, 4.69) is 4.74 Å². The second kappa shape index (κ2) is 4.74. The van der Waals surface area contributed by atoms with Crippen molar-refractivity contribution in [2.75, 3.05) is 7.11 Å². The number of methoxy groups -OCH3 is 1. The van der Waals surface area contributed by atoms with Gasteiger partial charge >= 0.3 is 5.97 Å². The van der Waals surface area contributed by atoms with Crippen molar-refractivity contribution in [3.8, 4) is 16.9 Å². The van der Waals surface area contributed by atoms with Crippen molar-refractivity contribution in [1.29, 1.82) is 0 Å². The molecule has 0 saturated heterocycles. The van der Waals surface area contributed by atoms with Crippen LogP contribution in [0.3, 0.4) is 0 Å². The zero-order valence-electron chi connectivity index (χ0n) is 10.8. The number of para-hydroxylation sites is 1. The van der Waals surface area contributed by atoms with Crippen LogP contribution in [0.25, 0.3) is 22.1 Å². The second-order valence-corrected chi connectivity index (χ2v) is 4.32. The lowest BCUT2D eigenvalue weighted by molar-refractivity contribution is 0.0563. The van der Waals surface area contributed by atoms with Crippen LogP contribution in [-0.4, -0.2) is 18.2 Å². The van der Waals surface area contributed by atoms with Crippen molar-refractivity contribution in [3.05, 3.63) is 54.3 Å². The Labute approximate surface area is 115 Å². The monoisotopic (exact) mass is 268 g/mol. The summed E-state index contributed by atoms with van der Waals surface area (Å²) in [4.78, 5) is 11.6. The zero-order chi connectivity index (χ0) is 14.1. The van der Waals surface area contributed by atoms with Gasteiger partial charge in [0, 0.05) is 5.56 Å². The van der Waals surface area contributed by atoms with Gasteiger partial charge in [0.05, 0.1) is 12.5 Å². The number of carbonyl (C=O) groups excluding carboxylic acids is 1. The zero-order valence-corrected chi connectivity index (χ0v) is 10.8. The lowest BCUT2D eigenvalue weighted by Gasteiger charge is -2.01. The maximum absolute atomic E-state index is 11.6. The van der Waals surface area contributed by atoms with Crippen molar-refractivity contribution in [2.24, 2.45) is 0 Å². The number of hydrogen-bond acceptors (Lipinski definition) is 4. The molecule has 0 aliphatic rings. The molecule has 0 spiro atoms. The van der Waals surface area contributed by atoms with Gasteiger partial charge in [0.15, 0.2) is 5.75 Å². The van der Waals surface area contributed by atoms with E-state index in [0.717, 1.165) is 11.1 Å². The van der Waals surface area contributed by atoms with E-state index >= 15 is 0 Å². The molecule has 3 rings (SSSR count). The van der Waals surface area contributed by atoms with E-state index < -0.39 is 5.97 Å². The number of furan rings is 1. The minimum atomic E-state index is -0.697. The van der Waals surface area contributed by atoms with Crippen LogP contribution in [0.5, 0.6) is 5.75 Å². The quantitative estimate of drug-likeness (QED) is 0.721. The molecule has 0 bridgehead atoms. The molecule has 0 saturated carbocycles. The first-order chi connectivity index (χ1) is 9.72. The van der Waals surface area contributed by atoms with E-state index in [-0.39, 0.29) is 11.5 Å². The predicted octanol–water partition coefficient (Wildman–Crippen LogP) is 3.59. The van der Waals surface area contributed by atoms with E-state index in [9.17, 15) is 9.90 Å². The molecule has 1 aromatic heterocycles. The number of aromatic hydroxyl groups is 1. The summed E-state index contributed by atoms with van der Waals surface area (Å²) in [7, 11) is 1.24. The van der Waals surface area contributed by atoms with E-state index in [0.29, 0.717) is 11.0 Å². The molecule has 0 atom stereocenters. The normalized spacial score (nSPS) is 10.7. The van der Waals surface area contributed by atoms with Gasteiger partial charge in [-0.05, 0) is 11.6 Å². The number of esters is 1. The minimum Gasteiger partial charge on any atom is -0.504 e. The number of rotatable bonds is 2. The summed E-state index contributed by atoms with van der Waals surface area (Å²) >= 11 is 0. The lowest BCUT2D eigenvalue weighted by Crippen LogP contribution is -1.98. The fourth-order valence-electron chi connectivity index (χ4n) is 2.18. The Hall–Kier alpha value is -2.75. The van der Waals surface area contributed by atoms with Gasteiger partial charge in [-0.3, -0.25) is 0 Å². The third-order valence-corrected chi connectivity index (χ3v) is 3.14. The van der Waals surface area contributed by atoms with Crippen molar-refractivity contribution in [3.63, 3.8) is 0 Å². The highest BCUT2D eigenvalue weighted by molar-refractivity contribution is 6.03. The topological polar surface area (TPSA) is 59.7 Å². The average molecular weight is 268 g/mol. The van der Waals surface area contributed by atoms with Gasteiger partial charge in [0.2, 0.25) is 0 Å². The fourth-order valence-corrected chi connectivity index (χ4v) is 2.18. The summed E-state index contributed by atoms with van der Waals surface area (Å²) in [5.74, 6) is -1.06.